The standard InChI is InChI=1S/C8H14N4/c1-12-5-10-11-8(12)4-7(9)6-2-3-6/h5-7H,2-4,9H2,1H3. The number of aromatic nitrogens is 3. The van der Waals surface area contributed by atoms with Crippen LogP contribution in [0.1, 0.15) is 18.7 Å². The van der Waals surface area contributed by atoms with Crippen LogP contribution in [0.2, 0.25) is 0 Å². The first kappa shape index (κ1) is 7.73. The average Bonchev–Trinajstić information content (AvgIpc) is 2.80. The molecule has 66 valence electrons. The maximum atomic E-state index is 5.96. The van der Waals surface area contributed by atoms with Crippen LogP contribution in [0.25, 0.3) is 0 Å². The maximum Gasteiger partial charge on any atom is 0.134 e. The van der Waals surface area contributed by atoms with Gasteiger partial charge in [-0.3, -0.25) is 0 Å². The van der Waals surface area contributed by atoms with Crippen LogP contribution < -0.4 is 5.73 Å². The number of hydrogen-bond donors (Lipinski definition) is 1. The van der Waals surface area contributed by atoms with Crippen molar-refractivity contribution in [2.45, 2.75) is 25.3 Å². The summed E-state index contributed by atoms with van der Waals surface area (Å²) in [4.78, 5) is 0. The Hall–Kier alpha value is -0.900. The Labute approximate surface area is 71.8 Å². The summed E-state index contributed by atoms with van der Waals surface area (Å²) in [7, 11) is 1.95. The minimum absolute atomic E-state index is 0.285. The molecule has 2 rings (SSSR count). The number of aryl methyl sites for hydroxylation is 1. The fraction of sp³-hybridized carbons (Fsp3) is 0.750. The Morgan fingerprint density at radius 1 is 1.75 bits per heavy atom. The minimum Gasteiger partial charge on any atom is -0.327 e. The second-order valence-corrected chi connectivity index (χ2v) is 3.56. The molecule has 1 heterocycles. The van der Waals surface area contributed by atoms with Gasteiger partial charge in [-0.25, -0.2) is 0 Å². The predicted octanol–water partition coefficient (Wildman–Crippen LogP) is 0.0949. The highest BCUT2D eigenvalue weighted by Crippen LogP contribution is 2.32. The van der Waals surface area contributed by atoms with Gasteiger partial charge in [0.2, 0.25) is 0 Å². The zero-order chi connectivity index (χ0) is 8.55. The number of hydrogen-bond acceptors (Lipinski definition) is 3. The Bertz CT molecular complexity index is 264. The summed E-state index contributed by atoms with van der Waals surface area (Å²) in [5.74, 6) is 1.73. The largest absolute Gasteiger partial charge is 0.327 e. The molecular weight excluding hydrogens is 152 g/mol. The van der Waals surface area contributed by atoms with Crippen LogP contribution in [0, 0.1) is 5.92 Å². The number of rotatable bonds is 3. The Morgan fingerprint density at radius 3 is 3.00 bits per heavy atom. The molecule has 4 heteroatoms. The molecule has 0 aliphatic heterocycles. The number of nitrogens with two attached hydrogens (primary N) is 1. The van der Waals surface area contributed by atoms with E-state index >= 15 is 0 Å². The van der Waals surface area contributed by atoms with Gasteiger partial charge in [0.25, 0.3) is 0 Å². The third-order valence-corrected chi connectivity index (χ3v) is 2.45. The van der Waals surface area contributed by atoms with Crippen LogP contribution in [0.5, 0.6) is 0 Å². The van der Waals surface area contributed by atoms with Crippen LogP contribution in [-0.2, 0) is 13.5 Å². The first-order valence-electron chi connectivity index (χ1n) is 4.36. The van der Waals surface area contributed by atoms with Crippen LogP contribution in [0.4, 0.5) is 0 Å². The highest BCUT2D eigenvalue weighted by molar-refractivity contribution is 4.94. The van der Waals surface area contributed by atoms with Gasteiger partial charge in [-0.1, -0.05) is 0 Å². The molecule has 2 N–H and O–H groups in total. The van der Waals surface area contributed by atoms with Gasteiger partial charge < -0.3 is 10.3 Å². The van der Waals surface area contributed by atoms with Gasteiger partial charge in [0.15, 0.2) is 0 Å². The van der Waals surface area contributed by atoms with Crippen molar-refractivity contribution in [1.82, 2.24) is 14.8 Å². The Morgan fingerprint density at radius 2 is 2.50 bits per heavy atom. The lowest BCUT2D eigenvalue weighted by Crippen LogP contribution is -2.26. The highest BCUT2D eigenvalue weighted by atomic mass is 15.2. The van der Waals surface area contributed by atoms with Crippen molar-refractivity contribution in [1.29, 1.82) is 0 Å². The van der Waals surface area contributed by atoms with E-state index in [1.165, 1.54) is 12.8 Å². The van der Waals surface area contributed by atoms with E-state index in [1.807, 2.05) is 11.6 Å². The maximum absolute atomic E-state index is 5.96. The van der Waals surface area contributed by atoms with Gasteiger partial charge in [0.05, 0.1) is 0 Å². The first-order chi connectivity index (χ1) is 5.77. The van der Waals surface area contributed by atoms with Crippen LogP contribution in [-0.4, -0.2) is 20.8 Å². The SMILES string of the molecule is Cn1cnnc1CC(N)C1CC1. The van der Waals surface area contributed by atoms with Gasteiger partial charge in [0, 0.05) is 19.5 Å². The van der Waals surface area contributed by atoms with Crippen molar-refractivity contribution in [3.8, 4) is 0 Å². The van der Waals surface area contributed by atoms with Crippen molar-refractivity contribution >= 4 is 0 Å². The lowest BCUT2D eigenvalue weighted by Gasteiger charge is -2.08. The zero-order valence-electron chi connectivity index (χ0n) is 7.27. The molecule has 1 aliphatic carbocycles. The summed E-state index contributed by atoms with van der Waals surface area (Å²) in [6.07, 6.45) is 5.16. The Kier molecular flexibility index (Phi) is 1.84. The van der Waals surface area contributed by atoms with E-state index in [0.717, 1.165) is 18.2 Å². The first-order valence-corrected chi connectivity index (χ1v) is 4.36. The zero-order valence-corrected chi connectivity index (χ0v) is 7.27. The van der Waals surface area contributed by atoms with E-state index in [2.05, 4.69) is 10.2 Å². The molecule has 0 amide bonds. The van der Waals surface area contributed by atoms with E-state index in [9.17, 15) is 0 Å². The molecule has 1 atom stereocenters. The second-order valence-electron chi connectivity index (χ2n) is 3.56. The van der Waals surface area contributed by atoms with E-state index < -0.39 is 0 Å². The van der Waals surface area contributed by atoms with Gasteiger partial charge in [-0.05, 0) is 18.8 Å². The molecule has 1 aromatic rings. The van der Waals surface area contributed by atoms with Crippen molar-refractivity contribution in [3.63, 3.8) is 0 Å². The lowest BCUT2D eigenvalue weighted by molar-refractivity contribution is 0.563. The summed E-state index contributed by atoms with van der Waals surface area (Å²) in [5, 5.41) is 7.81. The third kappa shape index (κ3) is 1.48. The molecule has 0 radical (unpaired) electrons. The van der Waals surface area contributed by atoms with Crippen molar-refractivity contribution < 1.29 is 0 Å². The molecule has 12 heavy (non-hydrogen) atoms. The fourth-order valence-corrected chi connectivity index (χ4v) is 1.39. The molecule has 1 aliphatic rings. The molecule has 0 saturated heterocycles. The Balaban J connectivity index is 1.97. The van der Waals surface area contributed by atoms with Gasteiger partial charge in [-0.2, -0.15) is 0 Å². The van der Waals surface area contributed by atoms with Crippen LogP contribution >= 0.6 is 0 Å². The summed E-state index contributed by atoms with van der Waals surface area (Å²) in [6.45, 7) is 0. The molecular formula is C8H14N4. The minimum atomic E-state index is 0.285. The molecule has 0 aromatic carbocycles. The fourth-order valence-electron chi connectivity index (χ4n) is 1.39. The van der Waals surface area contributed by atoms with E-state index in [4.69, 9.17) is 5.73 Å². The second kappa shape index (κ2) is 2.86. The quantitative estimate of drug-likeness (QED) is 0.692. The average molecular weight is 166 g/mol. The molecule has 4 nitrogen and oxygen atoms in total. The van der Waals surface area contributed by atoms with Crippen molar-refractivity contribution in [2.75, 3.05) is 0 Å². The lowest BCUT2D eigenvalue weighted by atomic mass is 10.1. The molecule has 0 bridgehead atoms. The molecule has 1 aromatic heterocycles. The smallest absolute Gasteiger partial charge is 0.134 e. The summed E-state index contributed by atoms with van der Waals surface area (Å²) in [5.41, 5.74) is 5.96. The normalized spacial score (nSPS) is 19.5. The van der Waals surface area contributed by atoms with Crippen LogP contribution in [0.3, 0.4) is 0 Å². The molecule has 1 saturated carbocycles. The van der Waals surface area contributed by atoms with E-state index in [1.54, 1.807) is 6.33 Å². The van der Waals surface area contributed by atoms with E-state index in [-0.39, 0.29) is 6.04 Å². The monoisotopic (exact) mass is 166 g/mol. The van der Waals surface area contributed by atoms with Gasteiger partial charge in [0.1, 0.15) is 12.2 Å². The van der Waals surface area contributed by atoms with Gasteiger partial charge in [-0.15, -0.1) is 10.2 Å². The summed E-state index contributed by atoms with van der Waals surface area (Å²) >= 11 is 0. The molecule has 1 unspecified atom stereocenters. The van der Waals surface area contributed by atoms with Crippen LogP contribution in [0.15, 0.2) is 6.33 Å². The summed E-state index contributed by atoms with van der Waals surface area (Å²) < 4.78 is 1.93. The summed E-state index contributed by atoms with van der Waals surface area (Å²) in [6, 6.07) is 0.285. The molecule has 1 fully saturated rings. The van der Waals surface area contributed by atoms with Crippen molar-refractivity contribution in [2.24, 2.45) is 18.7 Å². The van der Waals surface area contributed by atoms with E-state index in [0.29, 0.717) is 0 Å². The number of nitrogens with zero attached hydrogens (tertiary/aromatic N) is 3. The topological polar surface area (TPSA) is 56.7 Å². The van der Waals surface area contributed by atoms with Gasteiger partial charge >= 0.3 is 0 Å². The highest BCUT2D eigenvalue weighted by Gasteiger charge is 2.29. The molecule has 0 spiro atoms. The third-order valence-electron chi connectivity index (χ3n) is 2.45. The van der Waals surface area contributed by atoms with Crippen molar-refractivity contribution in [3.05, 3.63) is 12.2 Å². The predicted molar refractivity (Wildman–Crippen MR) is 45.4 cm³/mol.